The average molecular weight is 362 g/mol. The molecule has 2 aromatic carbocycles. The van der Waals surface area contributed by atoms with E-state index in [1.54, 1.807) is 24.3 Å². The van der Waals surface area contributed by atoms with Gasteiger partial charge in [-0.25, -0.2) is 4.39 Å². The van der Waals surface area contributed by atoms with E-state index in [1.807, 2.05) is 6.92 Å². The highest BCUT2D eigenvalue weighted by molar-refractivity contribution is 5.27. The molecule has 0 aliphatic heterocycles. The highest BCUT2D eigenvalue weighted by Crippen LogP contribution is 2.32. The summed E-state index contributed by atoms with van der Waals surface area (Å²) >= 11 is 0. The molecule has 136 valence electrons. The zero-order valence-corrected chi connectivity index (χ0v) is 13.3. The van der Waals surface area contributed by atoms with Crippen molar-refractivity contribution in [3.05, 3.63) is 70.5 Å². The van der Waals surface area contributed by atoms with Crippen molar-refractivity contribution in [2.45, 2.75) is 38.7 Å². The highest BCUT2D eigenvalue weighted by Gasteiger charge is 2.35. The molecule has 0 fully saturated rings. The predicted octanol–water partition coefficient (Wildman–Crippen LogP) is 5.76. The molecule has 2 aromatic rings. The maximum Gasteiger partial charge on any atom is 0.419 e. The van der Waals surface area contributed by atoms with Gasteiger partial charge in [0.25, 0.3) is 0 Å². The van der Waals surface area contributed by atoms with Crippen molar-refractivity contribution in [1.29, 1.82) is 0 Å². The summed E-state index contributed by atoms with van der Waals surface area (Å²) in [4.78, 5) is 0. The summed E-state index contributed by atoms with van der Waals surface area (Å²) in [6, 6.07) is 8.63. The van der Waals surface area contributed by atoms with E-state index < -0.39 is 30.1 Å². The Morgan fingerprint density at radius 2 is 1.40 bits per heavy atom. The Morgan fingerprint density at radius 3 is 1.92 bits per heavy atom. The molecule has 7 heteroatoms. The van der Waals surface area contributed by atoms with Crippen molar-refractivity contribution in [3.8, 4) is 0 Å². The maximum atomic E-state index is 13.8. The summed E-state index contributed by atoms with van der Waals surface area (Å²) in [5.41, 5.74) is -0.181. The summed E-state index contributed by atoms with van der Waals surface area (Å²) < 4.78 is 83.1. The summed E-state index contributed by atoms with van der Waals surface area (Å²) in [6.45, 7) is 1.60. The van der Waals surface area contributed by atoms with Crippen molar-refractivity contribution in [3.63, 3.8) is 0 Å². The molecule has 0 saturated carbocycles. The van der Waals surface area contributed by atoms with Gasteiger partial charge in [0.1, 0.15) is 5.82 Å². The van der Waals surface area contributed by atoms with Gasteiger partial charge in [-0.2, -0.15) is 22.0 Å². The molecule has 0 heterocycles. The first-order valence-electron chi connectivity index (χ1n) is 7.56. The first-order chi connectivity index (χ1) is 11.6. The molecule has 25 heavy (non-hydrogen) atoms. The molecule has 0 aromatic heterocycles. The topological polar surface area (TPSA) is 9.23 Å². The molecule has 0 unspecified atom stereocenters. The standard InChI is InChI=1S/C18H16F6O/c1-2-12-3-5-13(6-4-12)11-25-17(20,21)10-14-7-8-15(16(19)9-14)18(22,23)24/h3-9H,2,10-11H2,1H3. The number of hydrogen-bond donors (Lipinski definition) is 0. The third-order valence-electron chi connectivity index (χ3n) is 3.63. The van der Waals surface area contributed by atoms with Gasteiger partial charge in [0.15, 0.2) is 0 Å². The molecule has 0 amide bonds. The number of benzene rings is 2. The SMILES string of the molecule is CCc1ccc(COC(F)(F)Cc2ccc(C(F)(F)F)c(F)c2)cc1. The van der Waals surface area contributed by atoms with Crippen LogP contribution in [-0.4, -0.2) is 6.11 Å². The molecule has 0 radical (unpaired) electrons. The minimum absolute atomic E-state index is 0.281. The lowest BCUT2D eigenvalue weighted by atomic mass is 10.1. The Balaban J connectivity index is 2.01. The predicted molar refractivity (Wildman–Crippen MR) is 80.7 cm³/mol. The van der Waals surface area contributed by atoms with E-state index in [-0.39, 0.29) is 12.2 Å². The van der Waals surface area contributed by atoms with Crippen molar-refractivity contribution in [2.24, 2.45) is 0 Å². The van der Waals surface area contributed by atoms with E-state index >= 15 is 0 Å². The summed E-state index contributed by atoms with van der Waals surface area (Å²) in [7, 11) is 0. The second kappa shape index (κ2) is 7.47. The van der Waals surface area contributed by atoms with E-state index in [9.17, 15) is 26.3 Å². The molecular weight excluding hydrogens is 346 g/mol. The molecule has 0 atom stereocenters. The fourth-order valence-corrected chi connectivity index (χ4v) is 2.25. The zero-order chi connectivity index (χ0) is 18.7. The van der Waals surface area contributed by atoms with E-state index in [1.165, 1.54) is 0 Å². The fraction of sp³-hybridized carbons (Fsp3) is 0.333. The van der Waals surface area contributed by atoms with E-state index in [4.69, 9.17) is 0 Å². The lowest BCUT2D eigenvalue weighted by Gasteiger charge is -2.18. The second-order valence-corrected chi connectivity index (χ2v) is 5.58. The van der Waals surface area contributed by atoms with E-state index in [0.29, 0.717) is 17.7 Å². The van der Waals surface area contributed by atoms with Gasteiger partial charge >= 0.3 is 12.3 Å². The highest BCUT2D eigenvalue weighted by atomic mass is 19.4. The summed E-state index contributed by atoms with van der Waals surface area (Å²) in [6.07, 6.45) is -8.70. The van der Waals surface area contributed by atoms with Crippen molar-refractivity contribution in [2.75, 3.05) is 0 Å². The monoisotopic (exact) mass is 362 g/mol. The van der Waals surface area contributed by atoms with Gasteiger partial charge in [0.2, 0.25) is 0 Å². The van der Waals surface area contributed by atoms with Gasteiger partial charge in [0, 0.05) is 0 Å². The normalized spacial score (nSPS) is 12.4. The average Bonchev–Trinajstić information content (AvgIpc) is 2.52. The van der Waals surface area contributed by atoms with Crippen LogP contribution in [0.15, 0.2) is 42.5 Å². The lowest BCUT2D eigenvalue weighted by Crippen LogP contribution is -2.24. The number of ether oxygens (including phenoxy) is 1. The maximum absolute atomic E-state index is 13.8. The molecule has 0 spiro atoms. The number of rotatable bonds is 6. The molecule has 0 bridgehead atoms. The minimum atomic E-state index is -4.87. The minimum Gasteiger partial charge on any atom is -0.315 e. The van der Waals surface area contributed by atoms with Crippen LogP contribution in [0.5, 0.6) is 0 Å². The first-order valence-corrected chi connectivity index (χ1v) is 7.56. The second-order valence-electron chi connectivity index (χ2n) is 5.58. The van der Waals surface area contributed by atoms with Crippen LogP contribution < -0.4 is 0 Å². The third-order valence-corrected chi connectivity index (χ3v) is 3.63. The van der Waals surface area contributed by atoms with Crippen LogP contribution in [0.1, 0.15) is 29.2 Å². The largest absolute Gasteiger partial charge is 0.419 e. The molecule has 0 aliphatic rings. The number of hydrogen-bond acceptors (Lipinski definition) is 1. The van der Waals surface area contributed by atoms with Crippen molar-refractivity contribution in [1.82, 2.24) is 0 Å². The zero-order valence-electron chi connectivity index (χ0n) is 13.3. The van der Waals surface area contributed by atoms with Crippen LogP contribution in [0.3, 0.4) is 0 Å². The fourth-order valence-electron chi connectivity index (χ4n) is 2.25. The Morgan fingerprint density at radius 1 is 0.840 bits per heavy atom. The molecule has 2 rings (SSSR count). The van der Waals surface area contributed by atoms with E-state index in [0.717, 1.165) is 18.1 Å². The Hall–Kier alpha value is -2.02. The third kappa shape index (κ3) is 5.49. The van der Waals surface area contributed by atoms with Crippen molar-refractivity contribution < 1.29 is 31.1 Å². The molecule has 0 saturated heterocycles. The van der Waals surface area contributed by atoms with Crippen LogP contribution in [0, 0.1) is 5.82 Å². The Labute approximate surface area is 141 Å². The van der Waals surface area contributed by atoms with Gasteiger partial charge in [0.05, 0.1) is 18.6 Å². The number of alkyl halides is 5. The van der Waals surface area contributed by atoms with Gasteiger partial charge in [-0.1, -0.05) is 37.3 Å². The smallest absolute Gasteiger partial charge is 0.315 e. The lowest BCUT2D eigenvalue weighted by molar-refractivity contribution is -0.244. The van der Waals surface area contributed by atoms with Gasteiger partial charge in [-0.3, -0.25) is 0 Å². The van der Waals surface area contributed by atoms with Crippen LogP contribution in [-0.2, 0) is 30.4 Å². The molecular formula is C18H16F6O. The van der Waals surface area contributed by atoms with Crippen LogP contribution in [0.2, 0.25) is 0 Å². The van der Waals surface area contributed by atoms with Crippen LogP contribution in [0.25, 0.3) is 0 Å². The quantitative estimate of drug-likeness (QED) is 0.594. The van der Waals surface area contributed by atoms with Gasteiger partial charge in [-0.05, 0) is 35.2 Å². The summed E-state index contributed by atoms with van der Waals surface area (Å²) in [5, 5.41) is 0. The van der Waals surface area contributed by atoms with Gasteiger partial charge in [-0.15, -0.1) is 0 Å². The Kier molecular flexibility index (Phi) is 5.77. The van der Waals surface area contributed by atoms with Crippen molar-refractivity contribution >= 4 is 0 Å². The number of aryl methyl sites for hydroxylation is 1. The van der Waals surface area contributed by atoms with Crippen LogP contribution in [0.4, 0.5) is 26.3 Å². The first kappa shape index (κ1) is 19.3. The number of halogens is 6. The Bertz CT molecular complexity index is 706. The molecule has 1 nitrogen and oxygen atoms in total. The summed E-state index contributed by atoms with van der Waals surface area (Å²) in [5.74, 6) is -1.59. The molecule has 0 aliphatic carbocycles. The molecule has 0 N–H and O–H groups in total. The van der Waals surface area contributed by atoms with E-state index in [2.05, 4.69) is 4.74 Å². The van der Waals surface area contributed by atoms with Gasteiger partial charge < -0.3 is 4.74 Å². The van der Waals surface area contributed by atoms with Crippen LogP contribution >= 0.6 is 0 Å².